The van der Waals surface area contributed by atoms with Gasteiger partial charge in [0, 0.05) is 11.1 Å². The molecule has 0 saturated carbocycles. The van der Waals surface area contributed by atoms with E-state index >= 15 is 0 Å². The highest BCUT2D eigenvalue weighted by molar-refractivity contribution is 7.14. The van der Waals surface area contributed by atoms with E-state index in [1.807, 2.05) is 13.8 Å². The van der Waals surface area contributed by atoms with Crippen LogP contribution in [0.3, 0.4) is 0 Å². The van der Waals surface area contributed by atoms with Crippen LogP contribution in [0.1, 0.15) is 41.6 Å². The Morgan fingerprint density at radius 2 is 2.24 bits per heavy atom. The Hall–Kier alpha value is -2.22. The fraction of sp³-hybridized carbons (Fsp3) is 0.385. The van der Waals surface area contributed by atoms with Crippen LogP contribution < -0.4 is 5.32 Å². The van der Waals surface area contributed by atoms with Crippen LogP contribution in [-0.4, -0.2) is 34.2 Å². The minimum atomic E-state index is -0.368. The van der Waals surface area contributed by atoms with Crippen molar-refractivity contribution < 1.29 is 14.3 Å². The molecule has 2 rings (SSSR count). The molecule has 2 aromatic heterocycles. The molecule has 0 bridgehead atoms. The molecule has 2 heterocycles. The maximum Gasteiger partial charge on any atom is 0.311 e. The molecular formula is C13H16N4O3S. The summed E-state index contributed by atoms with van der Waals surface area (Å²) in [5, 5.41) is 11.6. The molecule has 2 aromatic rings. The van der Waals surface area contributed by atoms with Crippen LogP contribution in [0.15, 0.2) is 11.4 Å². The van der Waals surface area contributed by atoms with Crippen LogP contribution in [-0.2, 0) is 16.0 Å². The summed E-state index contributed by atoms with van der Waals surface area (Å²) >= 11 is 1.25. The summed E-state index contributed by atoms with van der Waals surface area (Å²) in [5.74, 6) is -0.435. The van der Waals surface area contributed by atoms with Crippen molar-refractivity contribution in [2.75, 3.05) is 12.4 Å². The van der Waals surface area contributed by atoms with E-state index in [0.717, 1.165) is 5.69 Å². The van der Waals surface area contributed by atoms with Gasteiger partial charge in [0.15, 0.2) is 10.8 Å². The lowest BCUT2D eigenvalue weighted by Crippen LogP contribution is -2.12. The Balaban J connectivity index is 2.00. The molecule has 0 aromatic carbocycles. The number of amides is 1. The lowest BCUT2D eigenvalue weighted by Gasteiger charge is -1.98. The number of aromatic nitrogens is 3. The zero-order valence-corrected chi connectivity index (χ0v) is 12.8. The first-order chi connectivity index (χ1) is 9.99. The maximum absolute atomic E-state index is 12.0. The summed E-state index contributed by atoms with van der Waals surface area (Å²) in [4.78, 5) is 27.3. The van der Waals surface area contributed by atoms with Crippen LogP contribution >= 0.6 is 11.3 Å². The number of anilines is 1. The summed E-state index contributed by atoms with van der Waals surface area (Å²) in [6.07, 6.45) is 0.0861. The Morgan fingerprint density at radius 3 is 2.86 bits per heavy atom. The molecule has 0 spiro atoms. The standard InChI is InChI=1S/C13H16N4O3S/c1-7(2)9-5-10(17-16-9)12(19)15-13-14-8(6-21-13)4-11(18)20-3/h5-7H,4H2,1-3H3,(H,16,17)(H,14,15,19). The zero-order valence-electron chi connectivity index (χ0n) is 12.0. The van der Waals surface area contributed by atoms with Gasteiger partial charge in [-0.1, -0.05) is 13.8 Å². The summed E-state index contributed by atoms with van der Waals surface area (Å²) in [6, 6.07) is 1.71. The van der Waals surface area contributed by atoms with E-state index in [9.17, 15) is 9.59 Å². The molecule has 2 N–H and O–H groups in total. The zero-order chi connectivity index (χ0) is 15.4. The fourth-order valence-electron chi connectivity index (χ4n) is 1.58. The highest BCUT2D eigenvalue weighted by Gasteiger charge is 2.14. The Kier molecular flexibility index (Phi) is 4.69. The van der Waals surface area contributed by atoms with Crippen LogP contribution in [0.4, 0.5) is 5.13 Å². The highest BCUT2D eigenvalue weighted by atomic mass is 32.1. The normalized spacial score (nSPS) is 10.7. The van der Waals surface area contributed by atoms with Gasteiger partial charge < -0.3 is 4.74 Å². The van der Waals surface area contributed by atoms with Crippen LogP contribution in [0.2, 0.25) is 0 Å². The number of methoxy groups -OCH3 is 1. The number of aromatic amines is 1. The van der Waals surface area contributed by atoms with Crippen molar-refractivity contribution in [1.82, 2.24) is 15.2 Å². The number of esters is 1. The summed E-state index contributed by atoms with van der Waals surface area (Å²) in [5.41, 5.74) is 1.76. The second kappa shape index (κ2) is 6.49. The summed E-state index contributed by atoms with van der Waals surface area (Å²) in [7, 11) is 1.32. The predicted molar refractivity (Wildman–Crippen MR) is 78.5 cm³/mol. The molecule has 8 heteroatoms. The van der Waals surface area contributed by atoms with Crippen molar-refractivity contribution in [2.24, 2.45) is 0 Å². The minimum absolute atomic E-state index is 0.0861. The van der Waals surface area contributed by atoms with Crippen molar-refractivity contribution in [3.05, 3.63) is 28.5 Å². The second-order valence-electron chi connectivity index (χ2n) is 4.71. The van der Waals surface area contributed by atoms with Gasteiger partial charge in [0.1, 0.15) is 0 Å². The van der Waals surface area contributed by atoms with E-state index in [-0.39, 0.29) is 24.2 Å². The monoisotopic (exact) mass is 308 g/mol. The maximum atomic E-state index is 12.0. The van der Waals surface area contributed by atoms with Crippen molar-refractivity contribution in [3.63, 3.8) is 0 Å². The third-order valence-electron chi connectivity index (χ3n) is 2.78. The molecule has 0 radical (unpaired) electrons. The van der Waals surface area contributed by atoms with Gasteiger partial charge in [0.05, 0.1) is 19.2 Å². The summed E-state index contributed by atoms with van der Waals surface area (Å²) < 4.78 is 4.56. The first-order valence-corrected chi connectivity index (χ1v) is 7.25. The molecule has 0 atom stereocenters. The van der Waals surface area contributed by atoms with E-state index < -0.39 is 0 Å². The number of ether oxygens (including phenoxy) is 1. The Labute approximate surface area is 125 Å². The number of carbonyl (C=O) groups is 2. The Morgan fingerprint density at radius 1 is 1.48 bits per heavy atom. The average Bonchev–Trinajstić information content (AvgIpc) is 3.07. The predicted octanol–water partition coefficient (Wildman–Crippen LogP) is 1.96. The molecule has 7 nitrogen and oxygen atoms in total. The van der Waals surface area contributed by atoms with Crippen molar-refractivity contribution >= 4 is 28.3 Å². The van der Waals surface area contributed by atoms with Gasteiger partial charge in [-0.3, -0.25) is 20.0 Å². The molecule has 0 aliphatic heterocycles. The van der Waals surface area contributed by atoms with Gasteiger partial charge in [-0.2, -0.15) is 5.10 Å². The first-order valence-electron chi connectivity index (χ1n) is 6.37. The molecule has 112 valence electrons. The number of nitrogens with one attached hydrogen (secondary N) is 2. The molecule has 0 unspecified atom stereocenters. The highest BCUT2D eigenvalue weighted by Crippen LogP contribution is 2.18. The number of hydrogen-bond donors (Lipinski definition) is 2. The number of nitrogens with zero attached hydrogens (tertiary/aromatic N) is 2. The number of carbonyl (C=O) groups excluding carboxylic acids is 2. The minimum Gasteiger partial charge on any atom is -0.469 e. The molecule has 21 heavy (non-hydrogen) atoms. The number of rotatable bonds is 5. The van der Waals surface area contributed by atoms with Gasteiger partial charge in [0.2, 0.25) is 0 Å². The third kappa shape index (κ3) is 3.88. The fourth-order valence-corrected chi connectivity index (χ4v) is 2.28. The molecule has 0 aliphatic carbocycles. The lowest BCUT2D eigenvalue weighted by molar-refractivity contribution is -0.139. The van der Waals surface area contributed by atoms with Crippen molar-refractivity contribution in [2.45, 2.75) is 26.2 Å². The Bertz CT molecular complexity index is 647. The smallest absolute Gasteiger partial charge is 0.311 e. The van der Waals surface area contributed by atoms with E-state index in [1.165, 1.54) is 18.4 Å². The number of hydrogen-bond acceptors (Lipinski definition) is 6. The van der Waals surface area contributed by atoms with Gasteiger partial charge in [-0.05, 0) is 12.0 Å². The van der Waals surface area contributed by atoms with Gasteiger partial charge >= 0.3 is 5.97 Å². The molecular weight excluding hydrogens is 292 g/mol. The summed E-state index contributed by atoms with van der Waals surface area (Å²) in [6.45, 7) is 4.02. The van der Waals surface area contributed by atoms with Gasteiger partial charge in [0.25, 0.3) is 5.91 Å². The van der Waals surface area contributed by atoms with Gasteiger partial charge in [-0.15, -0.1) is 11.3 Å². The molecule has 0 fully saturated rings. The van der Waals surface area contributed by atoms with E-state index in [4.69, 9.17) is 0 Å². The van der Waals surface area contributed by atoms with Crippen LogP contribution in [0.5, 0.6) is 0 Å². The quantitative estimate of drug-likeness (QED) is 0.823. The van der Waals surface area contributed by atoms with E-state index in [2.05, 4.69) is 25.2 Å². The topological polar surface area (TPSA) is 97.0 Å². The third-order valence-corrected chi connectivity index (χ3v) is 3.58. The van der Waals surface area contributed by atoms with Crippen molar-refractivity contribution in [3.8, 4) is 0 Å². The molecule has 1 amide bonds. The van der Waals surface area contributed by atoms with Gasteiger partial charge in [-0.25, -0.2) is 4.98 Å². The number of H-pyrrole nitrogens is 1. The molecule has 0 saturated heterocycles. The first kappa shape index (κ1) is 15.2. The lowest BCUT2D eigenvalue weighted by atomic mass is 10.1. The largest absolute Gasteiger partial charge is 0.469 e. The second-order valence-corrected chi connectivity index (χ2v) is 5.57. The van der Waals surface area contributed by atoms with Crippen LogP contribution in [0, 0.1) is 0 Å². The van der Waals surface area contributed by atoms with Crippen LogP contribution in [0.25, 0.3) is 0 Å². The molecule has 0 aliphatic rings. The number of thiazole rings is 1. The SMILES string of the molecule is COC(=O)Cc1csc(NC(=O)c2cc(C(C)C)[nH]n2)n1. The average molecular weight is 308 g/mol. The van der Waals surface area contributed by atoms with Crippen molar-refractivity contribution in [1.29, 1.82) is 0 Å². The van der Waals surface area contributed by atoms with E-state index in [1.54, 1.807) is 11.4 Å². The van der Waals surface area contributed by atoms with E-state index in [0.29, 0.717) is 16.5 Å².